The predicted molar refractivity (Wildman–Crippen MR) is 165 cm³/mol. The average molecular weight is 590 g/mol. The molecule has 0 aromatic heterocycles. The summed E-state index contributed by atoms with van der Waals surface area (Å²) in [4.78, 5) is 29.2. The van der Waals surface area contributed by atoms with Crippen molar-refractivity contribution in [3.05, 3.63) is 114 Å². The number of nitrogens with one attached hydrogen (secondary N) is 1. The topological polar surface area (TPSA) is 86.8 Å². The molecule has 4 aromatic carbocycles. The van der Waals surface area contributed by atoms with Crippen molar-refractivity contribution in [1.29, 1.82) is 0 Å². The van der Waals surface area contributed by atoms with E-state index in [4.69, 9.17) is 0 Å². The molecule has 1 atom stereocenters. The van der Waals surface area contributed by atoms with Crippen LogP contribution in [0.2, 0.25) is 0 Å². The summed E-state index contributed by atoms with van der Waals surface area (Å²) in [7, 11) is -3.93. The lowest BCUT2D eigenvalue weighted by Gasteiger charge is -2.33. The van der Waals surface area contributed by atoms with Gasteiger partial charge in [0, 0.05) is 30.5 Å². The maximum atomic E-state index is 14.9. The molecule has 2 amide bonds. The van der Waals surface area contributed by atoms with Crippen LogP contribution in [0, 0.1) is 5.82 Å². The molecule has 0 aliphatic heterocycles. The predicted octanol–water partition coefficient (Wildman–Crippen LogP) is 5.30. The fourth-order valence-electron chi connectivity index (χ4n) is 4.89. The number of fused-ring (bicyclic) bond motifs is 1. The SMILES string of the molecule is CCCCNC(=O)[C@@H](Cc1ccccc1)N(Cc1ccccc1F)C(=O)CN(c1cccc2ccccc12)S(C)(=O)=O. The first-order valence-electron chi connectivity index (χ1n) is 14.0. The number of carbonyl (C=O) groups is 2. The van der Waals surface area contributed by atoms with Crippen molar-refractivity contribution in [3.63, 3.8) is 0 Å². The van der Waals surface area contributed by atoms with Crippen LogP contribution in [0.3, 0.4) is 0 Å². The van der Waals surface area contributed by atoms with Crippen molar-refractivity contribution in [1.82, 2.24) is 10.2 Å². The third-order valence-corrected chi connectivity index (χ3v) is 8.24. The Labute approximate surface area is 247 Å². The molecule has 7 nitrogen and oxygen atoms in total. The number of hydrogen-bond acceptors (Lipinski definition) is 4. The number of anilines is 1. The highest BCUT2D eigenvalue weighted by atomic mass is 32.2. The van der Waals surface area contributed by atoms with E-state index >= 15 is 0 Å². The van der Waals surface area contributed by atoms with Gasteiger partial charge in [-0.2, -0.15) is 0 Å². The number of amides is 2. The molecule has 0 aliphatic rings. The Balaban J connectivity index is 1.77. The van der Waals surface area contributed by atoms with E-state index in [-0.39, 0.29) is 24.4 Å². The molecule has 9 heteroatoms. The van der Waals surface area contributed by atoms with E-state index in [9.17, 15) is 22.4 Å². The van der Waals surface area contributed by atoms with E-state index < -0.39 is 34.3 Å². The van der Waals surface area contributed by atoms with Crippen molar-refractivity contribution < 1.29 is 22.4 Å². The third-order valence-electron chi connectivity index (χ3n) is 7.11. The average Bonchev–Trinajstić information content (AvgIpc) is 2.98. The minimum absolute atomic E-state index is 0.173. The molecular formula is C33H36FN3O4S. The van der Waals surface area contributed by atoms with E-state index in [1.807, 2.05) is 55.5 Å². The molecule has 4 aromatic rings. The number of nitrogens with zero attached hydrogens (tertiary/aromatic N) is 2. The van der Waals surface area contributed by atoms with Gasteiger partial charge in [0.15, 0.2) is 0 Å². The van der Waals surface area contributed by atoms with Crippen molar-refractivity contribution in [2.75, 3.05) is 23.7 Å². The highest BCUT2D eigenvalue weighted by Crippen LogP contribution is 2.29. The molecule has 0 saturated heterocycles. The molecule has 0 unspecified atom stereocenters. The second kappa shape index (κ2) is 14.1. The summed E-state index contributed by atoms with van der Waals surface area (Å²) in [6, 6.07) is 26.9. The third kappa shape index (κ3) is 7.73. The van der Waals surface area contributed by atoms with Crippen LogP contribution in [-0.4, -0.2) is 50.5 Å². The lowest BCUT2D eigenvalue weighted by atomic mass is 10.0. The van der Waals surface area contributed by atoms with E-state index in [2.05, 4.69) is 5.32 Å². The number of unbranched alkanes of at least 4 members (excludes halogenated alkanes) is 1. The number of carbonyl (C=O) groups excluding carboxylic acids is 2. The quantitative estimate of drug-likeness (QED) is 0.215. The Morgan fingerprint density at radius 2 is 1.55 bits per heavy atom. The second-order valence-electron chi connectivity index (χ2n) is 10.2. The largest absolute Gasteiger partial charge is 0.354 e. The van der Waals surface area contributed by atoms with Crippen LogP contribution in [0.4, 0.5) is 10.1 Å². The van der Waals surface area contributed by atoms with Gasteiger partial charge in [-0.05, 0) is 29.5 Å². The number of benzene rings is 4. The van der Waals surface area contributed by atoms with Gasteiger partial charge in [0.1, 0.15) is 18.4 Å². The summed E-state index contributed by atoms with van der Waals surface area (Å²) < 4.78 is 42.2. The van der Waals surface area contributed by atoms with Crippen LogP contribution in [-0.2, 0) is 32.6 Å². The number of sulfonamides is 1. The van der Waals surface area contributed by atoms with Gasteiger partial charge < -0.3 is 10.2 Å². The van der Waals surface area contributed by atoms with Gasteiger partial charge in [-0.25, -0.2) is 12.8 Å². The van der Waals surface area contributed by atoms with Gasteiger partial charge in [0.05, 0.1) is 11.9 Å². The summed E-state index contributed by atoms with van der Waals surface area (Å²) in [6.07, 6.45) is 2.85. The smallest absolute Gasteiger partial charge is 0.244 e. The lowest BCUT2D eigenvalue weighted by molar-refractivity contribution is -0.140. The first-order chi connectivity index (χ1) is 20.2. The van der Waals surface area contributed by atoms with Crippen LogP contribution in [0.25, 0.3) is 10.8 Å². The molecule has 0 fully saturated rings. The summed E-state index contributed by atoms with van der Waals surface area (Å²) in [5.74, 6) is -1.52. The fraction of sp³-hybridized carbons (Fsp3) is 0.273. The maximum absolute atomic E-state index is 14.9. The zero-order chi connectivity index (χ0) is 30.1. The molecule has 0 saturated carbocycles. The van der Waals surface area contributed by atoms with Gasteiger partial charge in [-0.3, -0.25) is 13.9 Å². The Hall–Kier alpha value is -4.24. The van der Waals surface area contributed by atoms with Crippen molar-refractivity contribution in [2.24, 2.45) is 0 Å². The normalized spacial score (nSPS) is 12.1. The minimum atomic E-state index is -3.93. The van der Waals surface area contributed by atoms with Gasteiger partial charge in [0.25, 0.3) is 0 Å². The molecule has 220 valence electrons. The van der Waals surface area contributed by atoms with E-state index in [1.165, 1.54) is 11.0 Å². The molecule has 0 radical (unpaired) electrons. The first kappa shape index (κ1) is 30.7. The van der Waals surface area contributed by atoms with Crippen molar-refractivity contribution in [3.8, 4) is 0 Å². The highest BCUT2D eigenvalue weighted by molar-refractivity contribution is 7.92. The zero-order valence-electron chi connectivity index (χ0n) is 23.9. The first-order valence-corrected chi connectivity index (χ1v) is 15.8. The Morgan fingerprint density at radius 3 is 2.26 bits per heavy atom. The maximum Gasteiger partial charge on any atom is 0.244 e. The summed E-state index contributed by atoms with van der Waals surface area (Å²) in [6.45, 7) is 1.66. The molecular weight excluding hydrogens is 553 g/mol. The summed E-state index contributed by atoms with van der Waals surface area (Å²) >= 11 is 0. The van der Waals surface area contributed by atoms with Gasteiger partial charge >= 0.3 is 0 Å². The molecule has 0 aliphatic carbocycles. The number of rotatable bonds is 13. The standard InChI is InChI=1S/C33H36FN3O4S/c1-3-4-21-35-33(39)31(22-25-13-6-5-7-14-25)36(23-27-16-9-11-19-29(27)34)32(38)24-37(42(2,40)41)30-20-12-17-26-15-8-10-18-28(26)30/h5-20,31H,3-4,21-24H2,1-2H3,(H,35,39)/t31-/m1/s1. The molecule has 42 heavy (non-hydrogen) atoms. The Kier molecular flexibility index (Phi) is 10.3. The van der Waals surface area contributed by atoms with E-state index in [0.29, 0.717) is 17.6 Å². The monoisotopic (exact) mass is 589 g/mol. The molecule has 4 rings (SSSR count). The number of hydrogen-bond donors (Lipinski definition) is 1. The lowest BCUT2D eigenvalue weighted by Crippen LogP contribution is -2.53. The highest BCUT2D eigenvalue weighted by Gasteiger charge is 2.33. The van der Waals surface area contributed by atoms with Crippen LogP contribution < -0.4 is 9.62 Å². The molecule has 0 heterocycles. The molecule has 1 N–H and O–H groups in total. The molecule has 0 spiro atoms. The van der Waals surface area contributed by atoms with Gasteiger partial charge in [0.2, 0.25) is 21.8 Å². The summed E-state index contributed by atoms with van der Waals surface area (Å²) in [5.41, 5.74) is 1.39. The zero-order valence-corrected chi connectivity index (χ0v) is 24.7. The second-order valence-corrected chi connectivity index (χ2v) is 12.1. The fourth-order valence-corrected chi connectivity index (χ4v) is 5.75. The minimum Gasteiger partial charge on any atom is -0.354 e. The van der Waals surface area contributed by atoms with E-state index in [1.54, 1.807) is 42.5 Å². The van der Waals surface area contributed by atoms with Gasteiger partial charge in [-0.1, -0.05) is 98.3 Å². The number of halogens is 1. The van der Waals surface area contributed by atoms with Crippen LogP contribution in [0.1, 0.15) is 30.9 Å². The molecule has 0 bridgehead atoms. The Morgan fingerprint density at radius 1 is 0.881 bits per heavy atom. The summed E-state index contributed by atoms with van der Waals surface area (Å²) in [5, 5.41) is 4.40. The van der Waals surface area contributed by atoms with Crippen molar-refractivity contribution in [2.45, 2.75) is 38.8 Å². The van der Waals surface area contributed by atoms with Gasteiger partial charge in [-0.15, -0.1) is 0 Å². The van der Waals surface area contributed by atoms with Crippen molar-refractivity contribution >= 4 is 38.3 Å². The van der Waals surface area contributed by atoms with Crippen LogP contribution >= 0.6 is 0 Å². The van der Waals surface area contributed by atoms with Crippen LogP contribution in [0.15, 0.2) is 97.1 Å². The van der Waals surface area contributed by atoms with Crippen LogP contribution in [0.5, 0.6) is 0 Å². The van der Waals surface area contributed by atoms with E-state index in [0.717, 1.165) is 34.4 Å². The Bertz CT molecular complexity index is 1620.